The highest BCUT2D eigenvalue weighted by Gasteiger charge is 2.12. The molecule has 0 aliphatic rings. The first-order chi connectivity index (χ1) is 15.4. The van der Waals surface area contributed by atoms with Crippen LogP contribution < -0.4 is 14.9 Å². The van der Waals surface area contributed by atoms with Gasteiger partial charge < -0.3 is 9.47 Å². The number of halogens is 2. The molecule has 0 saturated carbocycles. The Morgan fingerprint density at radius 3 is 2.44 bits per heavy atom. The number of hydrazone groups is 1. The highest BCUT2D eigenvalue weighted by Crippen LogP contribution is 2.34. The number of ether oxygens (including phenoxy) is 2. The van der Waals surface area contributed by atoms with Gasteiger partial charge in [0.15, 0.2) is 11.5 Å². The van der Waals surface area contributed by atoms with Crippen molar-refractivity contribution in [3.05, 3.63) is 92.3 Å². The van der Waals surface area contributed by atoms with Gasteiger partial charge in [0, 0.05) is 0 Å². The van der Waals surface area contributed by atoms with Gasteiger partial charge >= 0.3 is 0 Å². The molecule has 0 bridgehead atoms. The van der Waals surface area contributed by atoms with E-state index in [-0.39, 0.29) is 18.1 Å². The van der Waals surface area contributed by atoms with Crippen LogP contribution >= 0.6 is 22.6 Å². The Labute approximate surface area is 200 Å². The highest BCUT2D eigenvalue weighted by molar-refractivity contribution is 14.1. The van der Waals surface area contributed by atoms with E-state index in [2.05, 4.69) is 45.3 Å². The maximum atomic E-state index is 13.0. The smallest absolute Gasteiger partial charge is 0.244 e. The van der Waals surface area contributed by atoms with Gasteiger partial charge in [-0.15, -0.1) is 0 Å². The Hall–Kier alpha value is -2.94. The van der Waals surface area contributed by atoms with Crippen molar-refractivity contribution in [2.45, 2.75) is 26.9 Å². The van der Waals surface area contributed by atoms with Gasteiger partial charge in [0.2, 0.25) is 5.91 Å². The highest BCUT2D eigenvalue weighted by atomic mass is 127. The standard InChI is InChI=1S/C25H24FIN2O3/c1-3-31-23-13-20(15-28-29-24(30)14-18-8-10-21(26)11-9-18)12-22(27)25(23)32-16-19-6-4-17(2)5-7-19/h4-13,15H,3,14,16H2,1-2H3,(H,29,30)/b28-15+. The van der Waals surface area contributed by atoms with E-state index >= 15 is 0 Å². The predicted molar refractivity (Wildman–Crippen MR) is 132 cm³/mol. The lowest BCUT2D eigenvalue weighted by Crippen LogP contribution is -2.19. The monoisotopic (exact) mass is 546 g/mol. The van der Waals surface area contributed by atoms with Crippen molar-refractivity contribution in [3.63, 3.8) is 0 Å². The van der Waals surface area contributed by atoms with Crippen molar-refractivity contribution in [1.82, 2.24) is 5.43 Å². The molecule has 0 unspecified atom stereocenters. The molecular formula is C25H24FIN2O3. The summed E-state index contributed by atoms with van der Waals surface area (Å²) in [5, 5.41) is 4.03. The third-order valence-electron chi connectivity index (χ3n) is 4.52. The Bertz CT molecular complexity index is 1080. The van der Waals surface area contributed by atoms with Gasteiger partial charge in [-0.1, -0.05) is 42.0 Å². The van der Waals surface area contributed by atoms with E-state index in [9.17, 15) is 9.18 Å². The van der Waals surface area contributed by atoms with Crippen molar-refractivity contribution >= 4 is 34.7 Å². The first-order valence-corrected chi connectivity index (χ1v) is 11.2. The molecule has 1 amide bonds. The number of benzene rings is 3. The second-order valence-electron chi connectivity index (χ2n) is 7.13. The number of hydrogen-bond acceptors (Lipinski definition) is 4. The summed E-state index contributed by atoms with van der Waals surface area (Å²) in [6.07, 6.45) is 1.67. The van der Waals surface area contributed by atoms with Crippen molar-refractivity contribution < 1.29 is 18.7 Å². The normalized spacial score (nSPS) is 10.9. The van der Waals surface area contributed by atoms with Crippen LogP contribution in [0.5, 0.6) is 11.5 Å². The summed E-state index contributed by atoms with van der Waals surface area (Å²) in [5.41, 5.74) is 6.24. The van der Waals surface area contributed by atoms with Crippen LogP contribution in [0.2, 0.25) is 0 Å². The van der Waals surface area contributed by atoms with Gasteiger partial charge in [0.05, 0.1) is 22.8 Å². The molecule has 0 radical (unpaired) electrons. The number of hydrogen-bond donors (Lipinski definition) is 1. The van der Waals surface area contributed by atoms with Crippen molar-refractivity contribution in [1.29, 1.82) is 0 Å². The van der Waals surface area contributed by atoms with E-state index in [1.807, 2.05) is 38.1 Å². The Kier molecular flexibility index (Phi) is 8.61. The van der Waals surface area contributed by atoms with Gasteiger partial charge in [0.25, 0.3) is 0 Å². The SMILES string of the molecule is CCOc1cc(/C=N/NC(=O)Cc2ccc(F)cc2)cc(I)c1OCc1ccc(C)cc1. The molecule has 166 valence electrons. The fraction of sp³-hybridized carbons (Fsp3) is 0.200. The van der Waals surface area contributed by atoms with E-state index in [0.29, 0.717) is 30.3 Å². The summed E-state index contributed by atoms with van der Waals surface area (Å²) >= 11 is 2.20. The maximum Gasteiger partial charge on any atom is 0.244 e. The van der Waals surface area contributed by atoms with Crippen LogP contribution in [0.4, 0.5) is 4.39 Å². The molecule has 0 spiro atoms. The molecule has 3 aromatic rings. The molecule has 1 N–H and O–H groups in total. The Morgan fingerprint density at radius 2 is 1.75 bits per heavy atom. The molecule has 0 aromatic heterocycles. The topological polar surface area (TPSA) is 59.9 Å². The number of carbonyl (C=O) groups excluding carboxylic acids is 1. The molecule has 3 aromatic carbocycles. The molecule has 0 saturated heterocycles. The Morgan fingerprint density at radius 1 is 1.06 bits per heavy atom. The van der Waals surface area contributed by atoms with Gasteiger partial charge in [-0.3, -0.25) is 4.79 Å². The predicted octanol–water partition coefficient (Wildman–Crippen LogP) is 5.41. The van der Waals surface area contributed by atoms with Crippen LogP contribution in [0.25, 0.3) is 0 Å². The zero-order valence-electron chi connectivity index (χ0n) is 17.9. The largest absolute Gasteiger partial charge is 0.490 e. The van der Waals surface area contributed by atoms with Crippen molar-refractivity contribution in [2.75, 3.05) is 6.61 Å². The fourth-order valence-corrected chi connectivity index (χ4v) is 3.69. The quantitative estimate of drug-likeness (QED) is 0.222. The number of aryl methyl sites for hydroxylation is 1. The third kappa shape index (κ3) is 7.05. The minimum atomic E-state index is -0.335. The molecule has 0 heterocycles. The lowest BCUT2D eigenvalue weighted by Gasteiger charge is -2.15. The summed E-state index contributed by atoms with van der Waals surface area (Å²) in [7, 11) is 0. The van der Waals surface area contributed by atoms with Crippen molar-refractivity contribution in [2.24, 2.45) is 5.10 Å². The summed E-state index contributed by atoms with van der Waals surface area (Å²) in [6, 6.07) is 17.7. The molecule has 0 aliphatic heterocycles. The zero-order valence-corrected chi connectivity index (χ0v) is 20.1. The number of amides is 1. The number of carbonyl (C=O) groups is 1. The summed E-state index contributed by atoms with van der Waals surface area (Å²) in [4.78, 5) is 12.1. The first-order valence-electron chi connectivity index (χ1n) is 10.2. The second-order valence-corrected chi connectivity index (χ2v) is 8.30. The van der Waals surface area contributed by atoms with Gasteiger partial charge in [0.1, 0.15) is 12.4 Å². The molecule has 7 heteroatoms. The van der Waals surface area contributed by atoms with Crippen LogP contribution in [0.15, 0.2) is 65.8 Å². The average molecular weight is 546 g/mol. The molecular weight excluding hydrogens is 522 g/mol. The molecule has 0 aliphatic carbocycles. The van der Waals surface area contributed by atoms with Crippen LogP contribution in [0, 0.1) is 16.3 Å². The number of nitrogens with one attached hydrogen (secondary N) is 1. The summed E-state index contributed by atoms with van der Waals surface area (Å²) in [5.74, 6) is 0.667. The van der Waals surface area contributed by atoms with E-state index in [1.165, 1.54) is 17.7 Å². The van der Waals surface area contributed by atoms with Crippen LogP contribution in [-0.2, 0) is 17.8 Å². The van der Waals surface area contributed by atoms with E-state index in [1.54, 1.807) is 18.3 Å². The van der Waals surface area contributed by atoms with Crippen LogP contribution in [0.1, 0.15) is 29.2 Å². The summed E-state index contributed by atoms with van der Waals surface area (Å²) in [6.45, 7) is 4.88. The molecule has 0 atom stereocenters. The van der Waals surface area contributed by atoms with Crippen molar-refractivity contribution in [3.8, 4) is 11.5 Å². The molecule has 0 fully saturated rings. The van der Waals surface area contributed by atoms with E-state index in [0.717, 1.165) is 14.7 Å². The third-order valence-corrected chi connectivity index (χ3v) is 5.32. The fourth-order valence-electron chi connectivity index (χ4n) is 2.91. The summed E-state index contributed by atoms with van der Waals surface area (Å²) < 4.78 is 25.7. The van der Waals surface area contributed by atoms with Crippen LogP contribution in [0.3, 0.4) is 0 Å². The van der Waals surface area contributed by atoms with E-state index < -0.39 is 0 Å². The minimum absolute atomic E-state index is 0.116. The Balaban J connectivity index is 1.65. The van der Waals surface area contributed by atoms with Gasteiger partial charge in [-0.25, -0.2) is 9.82 Å². The molecule has 5 nitrogen and oxygen atoms in total. The number of nitrogens with zero attached hydrogens (tertiary/aromatic N) is 1. The number of rotatable bonds is 9. The lowest BCUT2D eigenvalue weighted by molar-refractivity contribution is -0.120. The van der Waals surface area contributed by atoms with Crippen LogP contribution in [-0.4, -0.2) is 18.7 Å². The second kappa shape index (κ2) is 11.6. The van der Waals surface area contributed by atoms with E-state index in [4.69, 9.17) is 9.47 Å². The first kappa shape index (κ1) is 23.7. The minimum Gasteiger partial charge on any atom is -0.490 e. The average Bonchev–Trinajstić information content (AvgIpc) is 2.76. The molecule has 32 heavy (non-hydrogen) atoms. The molecule has 3 rings (SSSR count). The zero-order chi connectivity index (χ0) is 22.9. The maximum absolute atomic E-state index is 13.0. The lowest BCUT2D eigenvalue weighted by atomic mass is 10.1. The van der Waals surface area contributed by atoms with Gasteiger partial charge in [-0.05, 0) is 77.4 Å². The van der Waals surface area contributed by atoms with Gasteiger partial charge in [-0.2, -0.15) is 5.10 Å².